The summed E-state index contributed by atoms with van der Waals surface area (Å²) in [6.07, 6.45) is 0.739. The van der Waals surface area contributed by atoms with Gasteiger partial charge in [-0.1, -0.05) is 39.0 Å². The van der Waals surface area contributed by atoms with Gasteiger partial charge in [0, 0.05) is 5.56 Å². The van der Waals surface area contributed by atoms with Gasteiger partial charge >= 0.3 is 5.97 Å². The summed E-state index contributed by atoms with van der Waals surface area (Å²) in [7, 11) is 0. The number of benzene rings is 1. The van der Waals surface area contributed by atoms with Crippen LogP contribution in [-0.4, -0.2) is 23.0 Å². The Morgan fingerprint density at radius 2 is 1.89 bits per heavy atom. The van der Waals surface area contributed by atoms with E-state index in [-0.39, 0.29) is 11.8 Å². The summed E-state index contributed by atoms with van der Waals surface area (Å²) in [6, 6.07) is 6.38. The fourth-order valence-corrected chi connectivity index (χ4v) is 1.78. The topological polar surface area (TPSA) is 66.4 Å². The maximum absolute atomic E-state index is 12.1. The Morgan fingerprint density at radius 3 is 2.39 bits per heavy atom. The minimum absolute atomic E-state index is 0.153. The SMILES string of the molecule is CCc1ccccc1C(=O)NC(C(=O)O)C(C)C. The van der Waals surface area contributed by atoms with E-state index in [9.17, 15) is 9.59 Å². The molecule has 0 fully saturated rings. The van der Waals surface area contributed by atoms with Crippen LogP contribution in [0.5, 0.6) is 0 Å². The van der Waals surface area contributed by atoms with Gasteiger partial charge in [0.1, 0.15) is 6.04 Å². The number of carbonyl (C=O) groups excluding carboxylic acids is 1. The lowest BCUT2D eigenvalue weighted by atomic mass is 10.0. The zero-order valence-corrected chi connectivity index (χ0v) is 10.9. The molecular formula is C14H19NO3. The van der Waals surface area contributed by atoms with Gasteiger partial charge in [-0.2, -0.15) is 0 Å². The van der Waals surface area contributed by atoms with Gasteiger partial charge in [-0.3, -0.25) is 4.79 Å². The molecule has 4 nitrogen and oxygen atoms in total. The summed E-state index contributed by atoms with van der Waals surface area (Å²) in [5, 5.41) is 11.6. The molecule has 0 saturated carbocycles. The zero-order valence-electron chi connectivity index (χ0n) is 10.9. The zero-order chi connectivity index (χ0) is 13.7. The fourth-order valence-electron chi connectivity index (χ4n) is 1.78. The van der Waals surface area contributed by atoms with Crippen molar-refractivity contribution in [1.29, 1.82) is 0 Å². The van der Waals surface area contributed by atoms with E-state index in [0.717, 1.165) is 12.0 Å². The van der Waals surface area contributed by atoms with E-state index in [1.165, 1.54) is 0 Å². The number of rotatable bonds is 5. The summed E-state index contributed by atoms with van der Waals surface area (Å²) in [6.45, 7) is 5.50. The lowest BCUT2D eigenvalue weighted by molar-refractivity contribution is -0.140. The molecule has 0 saturated heterocycles. The van der Waals surface area contributed by atoms with Crippen LogP contribution in [0.25, 0.3) is 0 Å². The molecule has 1 rings (SSSR count). The lowest BCUT2D eigenvalue weighted by Gasteiger charge is -2.18. The van der Waals surface area contributed by atoms with Crippen LogP contribution in [0.4, 0.5) is 0 Å². The molecule has 98 valence electrons. The first-order valence-electron chi connectivity index (χ1n) is 6.09. The molecule has 0 aliphatic heterocycles. The van der Waals surface area contributed by atoms with Crippen LogP contribution in [0, 0.1) is 5.92 Å². The van der Waals surface area contributed by atoms with Gasteiger partial charge in [0.25, 0.3) is 5.91 Å². The van der Waals surface area contributed by atoms with Crippen LogP contribution in [0.1, 0.15) is 36.7 Å². The van der Waals surface area contributed by atoms with Crippen LogP contribution >= 0.6 is 0 Å². The number of carbonyl (C=O) groups is 2. The summed E-state index contributed by atoms with van der Waals surface area (Å²) in [4.78, 5) is 23.1. The molecule has 1 aromatic rings. The van der Waals surface area contributed by atoms with Gasteiger partial charge in [0.15, 0.2) is 0 Å². The van der Waals surface area contributed by atoms with Crippen molar-refractivity contribution in [2.45, 2.75) is 33.2 Å². The van der Waals surface area contributed by atoms with Gasteiger partial charge in [-0.25, -0.2) is 4.79 Å². The summed E-state index contributed by atoms with van der Waals surface area (Å²) >= 11 is 0. The number of carboxylic acid groups (broad SMARTS) is 1. The van der Waals surface area contributed by atoms with Gasteiger partial charge < -0.3 is 10.4 Å². The van der Waals surface area contributed by atoms with E-state index in [4.69, 9.17) is 5.11 Å². The maximum atomic E-state index is 12.1. The van der Waals surface area contributed by atoms with E-state index in [0.29, 0.717) is 5.56 Å². The molecule has 1 amide bonds. The molecule has 18 heavy (non-hydrogen) atoms. The number of aliphatic carboxylic acids is 1. The smallest absolute Gasteiger partial charge is 0.326 e. The summed E-state index contributed by atoms with van der Waals surface area (Å²) in [5.41, 5.74) is 1.47. The van der Waals surface area contributed by atoms with Crippen molar-refractivity contribution in [2.75, 3.05) is 0 Å². The fraction of sp³-hybridized carbons (Fsp3) is 0.429. The number of hydrogen-bond acceptors (Lipinski definition) is 2. The molecule has 4 heteroatoms. The van der Waals surface area contributed by atoms with Crippen LogP contribution < -0.4 is 5.32 Å². The largest absolute Gasteiger partial charge is 0.480 e. The van der Waals surface area contributed by atoms with Gasteiger partial charge in [0.05, 0.1) is 0 Å². The highest BCUT2D eigenvalue weighted by Gasteiger charge is 2.24. The molecule has 0 spiro atoms. The number of carboxylic acids is 1. The molecule has 0 heterocycles. The maximum Gasteiger partial charge on any atom is 0.326 e. The highest BCUT2D eigenvalue weighted by molar-refractivity contribution is 5.97. The lowest BCUT2D eigenvalue weighted by Crippen LogP contribution is -2.44. The molecule has 1 atom stereocenters. The van der Waals surface area contributed by atoms with E-state index < -0.39 is 12.0 Å². The molecule has 2 N–H and O–H groups in total. The highest BCUT2D eigenvalue weighted by Crippen LogP contribution is 2.11. The monoisotopic (exact) mass is 249 g/mol. The predicted molar refractivity (Wildman–Crippen MR) is 69.5 cm³/mol. The Morgan fingerprint density at radius 1 is 1.28 bits per heavy atom. The molecule has 0 aliphatic carbocycles. The Hall–Kier alpha value is -1.84. The third-order valence-electron chi connectivity index (χ3n) is 2.86. The second-order valence-corrected chi connectivity index (χ2v) is 4.54. The van der Waals surface area contributed by atoms with E-state index in [1.54, 1.807) is 26.0 Å². The van der Waals surface area contributed by atoms with Gasteiger partial charge in [-0.15, -0.1) is 0 Å². The third-order valence-corrected chi connectivity index (χ3v) is 2.86. The van der Waals surface area contributed by atoms with Gasteiger partial charge in [-0.05, 0) is 24.0 Å². The first-order chi connectivity index (χ1) is 8.47. The van der Waals surface area contributed by atoms with Crippen molar-refractivity contribution >= 4 is 11.9 Å². The quantitative estimate of drug-likeness (QED) is 0.839. The van der Waals surface area contributed by atoms with Gasteiger partial charge in [0.2, 0.25) is 0 Å². The van der Waals surface area contributed by atoms with E-state index in [1.807, 2.05) is 19.1 Å². The van der Waals surface area contributed by atoms with Crippen molar-refractivity contribution in [3.63, 3.8) is 0 Å². The average molecular weight is 249 g/mol. The minimum atomic E-state index is -1.01. The van der Waals surface area contributed by atoms with E-state index >= 15 is 0 Å². The summed E-state index contributed by atoms with van der Waals surface area (Å²) < 4.78 is 0. The van der Waals surface area contributed by atoms with Crippen molar-refractivity contribution in [3.05, 3.63) is 35.4 Å². The van der Waals surface area contributed by atoms with E-state index in [2.05, 4.69) is 5.32 Å². The van der Waals surface area contributed by atoms with Crippen LogP contribution in [0.3, 0.4) is 0 Å². The predicted octanol–water partition coefficient (Wildman–Crippen LogP) is 2.09. The van der Waals surface area contributed by atoms with Crippen molar-refractivity contribution < 1.29 is 14.7 Å². The first kappa shape index (κ1) is 14.2. The minimum Gasteiger partial charge on any atom is -0.480 e. The first-order valence-corrected chi connectivity index (χ1v) is 6.09. The Kier molecular flexibility index (Phi) is 4.89. The summed E-state index contributed by atoms with van der Waals surface area (Å²) in [5.74, 6) is -1.49. The van der Waals surface area contributed by atoms with Crippen LogP contribution in [0.2, 0.25) is 0 Å². The molecule has 0 radical (unpaired) electrons. The van der Waals surface area contributed by atoms with Crippen molar-refractivity contribution in [1.82, 2.24) is 5.32 Å². The average Bonchev–Trinajstić information content (AvgIpc) is 2.34. The molecule has 0 aliphatic rings. The number of amides is 1. The second-order valence-electron chi connectivity index (χ2n) is 4.54. The Bertz CT molecular complexity index is 440. The molecule has 1 aromatic carbocycles. The molecule has 1 unspecified atom stereocenters. The Balaban J connectivity index is 2.90. The Labute approximate surface area is 107 Å². The number of hydrogen-bond donors (Lipinski definition) is 2. The standard InChI is InChI=1S/C14H19NO3/c1-4-10-7-5-6-8-11(10)13(16)15-12(9(2)3)14(17)18/h5-9,12H,4H2,1-3H3,(H,15,16)(H,17,18). The normalized spacial score (nSPS) is 12.2. The highest BCUT2D eigenvalue weighted by atomic mass is 16.4. The van der Waals surface area contributed by atoms with Crippen molar-refractivity contribution in [2.24, 2.45) is 5.92 Å². The van der Waals surface area contributed by atoms with Crippen LogP contribution in [-0.2, 0) is 11.2 Å². The molecular weight excluding hydrogens is 230 g/mol. The number of aryl methyl sites for hydroxylation is 1. The molecule has 0 bridgehead atoms. The third kappa shape index (κ3) is 3.32. The number of nitrogens with one attached hydrogen (secondary N) is 1. The van der Waals surface area contributed by atoms with Crippen LogP contribution in [0.15, 0.2) is 24.3 Å². The van der Waals surface area contributed by atoms with Crippen molar-refractivity contribution in [3.8, 4) is 0 Å². The molecule has 0 aromatic heterocycles. The second kappa shape index (κ2) is 6.19.